The number of halogens is 1. The predicted octanol–water partition coefficient (Wildman–Crippen LogP) is 4.64. The van der Waals surface area contributed by atoms with Crippen molar-refractivity contribution in [2.75, 3.05) is 5.01 Å². The van der Waals surface area contributed by atoms with E-state index in [4.69, 9.17) is 0 Å². The Balaban J connectivity index is 1.89. The Labute approximate surface area is 176 Å². The molecule has 0 bridgehead atoms. The molecule has 8 heteroatoms. The lowest BCUT2D eigenvalue weighted by atomic mass is 9.89. The first-order valence-electron chi connectivity index (χ1n) is 9.42. The Morgan fingerprint density at radius 1 is 1.07 bits per heavy atom. The van der Waals surface area contributed by atoms with Gasteiger partial charge in [0.2, 0.25) is 11.1 Å². The average Bonchev–Trinajstić information content (AvgIpc) is 3.11. The third-order valence-corrected chi connectivity index (χ3v) is 6.81. The lowest BCUT2D eigenvalue weighted by Crippen LogP contribution is -2.42. The van der Waals surface area contributed by atoms with Gasteiger partial charge >= 0.3 is 0 Å². The van der Waals surface area contributed by atoms with Gasteiger partial charge in [-0.2, -0.15) is 0 Å². The normalized spacial score (nSPS) is 17.6. The molecule has 28 heavy (non-hydrogen) atoms. The molecule has 1 fully saturated rings. The number of carbonyl (C=O) groups is 2. The van der Waals surface area contributed by atoms with E-state index >= 15 is 0 Å². The number of benzene rings is 1. The molecule has 1 amide bonds. The van der Waals surface area contributed by atoms with Crippen LogP contribution in [0.3, 0.4) is 0 Å². The van der Waals surface area contributed by atoms with Crippen LogP contribution in [0, 0.1) is 0 Å². The molecule has 0 spiro atoms. The number of Topliss-reactive ketones (excluding diaryl/α,β-unsaturated/α-hetero) is 1. The molecule has 2 heterocycles. The first kappa shape index (κ1) is 19.4. The van der Waals surface area contributed by atoms with Crippen LogP contribution in [0.4, 0.5) is 0 Å². The summed E-state index contributed by atoms with van der Waals surface area (Å²) in [5.74, 6) is 0.829. The van der Waals surface area contributed by atoms with Crippen LogP contribution in [0.2, 0.25) is 0 Å². The molecule has 1 aliphatic heterocycles. The molecule has 1 aromatic heterocycles. The van der Waals surface area contributed by atoms with Gasteiger partial charge in [-0.15, -0.1) is 10.2 Å². The molecule has 0 N–H and O–H groups in total. The fourth-order valence-corrected chi connectivity index (χ4v) is 5.11. The minimum atomic E-state index is -0.171. The molecule has 2 aromatic rings. The fourth-order valence-electron chi connectivity index (χ4n) is 3.88. The van der Waals surface area contributed by atoms with Crippen molar-refractivity contribution in [2.45, 2.75) is 57.0 Å². The summed E-state index contributed by atoms with van der Waals surface area (Å²) in [4.78, 5) is 25.8. The average molecular weight is 461 g/mol. The van der Waals surface area contributed by atoms with Gasteiger partial charge in [0.25, 0.3) is 0 Å². The molecule has 0 radical (unpaired) electrons. The molecule has 0 atom stereocenters. The van der Waals surface area contributed by atoms with E-state index in [1.165, 1.54) is 32.0 Å². The van der Waals surface area contributed by atoms with Gasteiger partial charge in [0.15, 0.2) is 11.6 Å². The number of hydrogen-bond acceptors (Lipinski definition) is 5. The Morgan fingerprint density at radius 2 is 1.75 bits per heavy atom. The van der Waals surface area contributed by atoms with Crippen LogP contribution in [-0.2, 0) is 9.59 Å². The topological polar surface area (TPSA) is 68.1 Å². The van der Waals surface area contributed by atoms with Crippen LogP contribution in [0.1, 0.15) is 63.3 Å². The maximum absolute atomic E-state index is 12.8. The van der Waals surface area contributed by atoms with Gasteiger partial charge < -0.3 is 0 Å². The number of rotatable bonds is 3. The number of ketones is 1. The highest BCUT2D eigenvalue weighted by Crippen LogP contribution is 2.42. The van der Waals surface area contributed by atoms with Crippen LogP contribution in [-0.4, -0.2) is 26.6 Å². The summed E-state index contributed by atoms with van der Waals surface area (Å²) >= 11 is 4.74. The summed E-state index contributed by atoms with van der Waals surface area (Å²) in [6, 6.07) is 7.64. The van der Waals surface area contributed by atoms with Gasteiger partial charge in [0.1, 0.15) is 0 Å². The Bertz CT molecular complexity index is 961. The predicted molar refractivity (Wildman–Crippen MR) is 112 cm³/mol. The second-order valence-electron chi connectivity index (χ2n) is 7.16. The van der Waals surface area contributed by atoms with E-state index in [2.05, 4.69) is 26.1 Å². The Kier molecular flexibility index (Phi) is 5.42. The standard InChI is InChI=1S/C20H21BrN4O2S/c1-12(26)18-17(14-8-10-16(21)11-9-14)24(13(2)27)25-19(22-23-20(25)28-18)15-6-4-3-5-7-15/h8-11,15H,3-7H2,1-2H3. The number of hydrogen-bond donors (Lipinski definition) is 0. The summed E-state index contributed by atoms with van der Waals surface area (Å²) in [6.07, 6.45) is 5.65. The SMILES string of the molecule is CC(=O)C1=C(c2ccc(Br)cc2)N(C(C)=O)n2c(nnc2C2CCCCC2)S1. The molecule has 0 unspecified atom stereocenters. The molecular formula is C20H21BrN4O2S. The summed E-state index contributed by atoms with van der Waals surface area (Å²) in [5.41, 5.74) is 1.41. The summed E-state index contributed by atoms with van der Waals surface area (Å²) in [5, 5.41) is 10.9. The van der Waals surface area contributed by atoms with Crippen LogP contribution in [0.5, 0.6) is 0 Å². The van der Waals surface area contributed by atoms with Crippen molar-refractivity contribution in [2.24, 2.45) is 0 Å². The van der Waals surface area contributed by atoms with E-state index < -0.39 is 0 Å². The lowest BCUT2D eigenvalue weighted by Gasteiger charge is -2.34. The van der Waals surface area contributed by atoms with Gasteiger partial charge in [-0.3, -0.25) is 9.59 Å². The van der Waals surface area contributed by atoms with E-state index in [0.717, 1.165) is 41.5 Å². The molecule has 2 aliphatic rings. The third kappa shape index (κ3) is 3.43. The largest absolute Gasteiger partial charge is 0.294 e. The Hall–Kier alpha value is -1.93. The quantitative estimate of drug-likeness (QED) is 0.667. The Morgan fingerprint density at radius 3 is 2.36 bits per heavy atom. The number of thioether (sulfide) groups is 1. The first-order valence-corrected chi connectivity index (χ1v) is 11.0. The summed E-state index contributed by atoms with van der Waals surface area (Å²) < 4.78 is 2.76. The van der Waals surface area contributed by atoms with Gasteiger partial charge in [-0.1, -0.05) is 47.3 Å². The van der Waals surface area contributed by atoms with E-state index in [0.29, 0.717) is 15.8 Å². The lowest BCUT2D eigenvalue weighted by molar-refractivity contribution is -0.117. The highest BCUT2D eigenvalue weighted by molar-refractivity contribution is 9.10. The van der Waals surface area contributed by atoms with E-state index in [9.17, 15) is 9.59 Å². The molecular weight excluding hydrogens is 440 g/mol. The molecule has 1 aliphatic carbocycles. The van der Waals surface area contributed by atoms with Crippen molar-refractivity contribution in [1.29, 1.82) is 0 Å². The fraction of sp³-hybridized carbons (Fsp3) is 0.400. The van der Waals surface area contributed by atoms with Crippen molar-refractivity contribution in [3.8, 4) is 0 Å². The maximum Gasteiger partial charge on any atom is 0.243 e. The number of nitrogens with zero attached hydrogens (tertiary/aromatic N) is 4. The van der Waals surface area contributed by atoms with Gasteiger partial charge in [0.05, 0.1) is 10.6 Å². The van der Waals surface area contributed by atoms with E-state index in [-0.39, 0.29) is 17.6 Å². The maximum atomic E-state index is 12.8. The number of aromatic nitrogens is 3. The van der Waals surface area contributed by atoms with Crippen LogP contribution in [0.15, 0.2) is 38.8 Å². The highest BCUT2D eigenvalue weighted by Gasteiger charge is 2.36. The number of carbonyl (C=O) groups excluding carboxylic acids is 2. The van der Waals surface area contributed by atoms with Crippen LogP contribution >= 0.6 is 27.7 Å². The zero-order chi connectivity index (χ0) is 19.8. The molecule has 4 rings (SSSR count). The van der Waals surface area contributed by atoms with Gasteiger partial charge in [0, 0.05) is 22.9 Å². The van der Waals surface area contributed by atoms with Crippen molar-refractivity contribution < 1.29 is 9.59 Å². The first-order chi connectivity index (χ1) is 13.5. The van der Waals surface area contributed by atoms with Crippen LogP contribution in [0.25, 0.3) is 5.70 Å². The van der Waals surface area contributed by atoms with Crippen molar-refractivity contribution >= 4 is 45.1 Å². The van der Waals surface area contributed by atoms with Gasteiger partial charge in [-0.25, -0.2) is 9.69 Å². The molecule has 0 saturated heterocycles. The molecule has 6 nitrogen and oxygen atoms in total. The summed E-state index contributed by atoms with van der Waals surface area (Å²) in [6.45, 7) is 3.04. The molecule has 1 aromatic carbocycles. The van der Waals surface area contributed by atoms with Gasteiger partial charge in [-0.05, 0) is 43.7 Å². The zero-order valence-corrected chi connectivity index (χ0v) is 18.2. The minimum Gasteiger partial charge on any atom is -0.294 e. The van der Waals surface area contributed by atoms with Crippen molar-refractivity contribution in [1.82, 2.24) is 14.9 Å². The van der Waals surface area contributed by atoms with E-state index in [1.807, 2.05) is 28.9 Å². The summed E-state index contributed by atoms with van der Waals surface area (Å²) in [7, 11) is 0. The smallest absolute Gasteiger partial charge is 0.243 e. The second kappa shape index (κ2) is 7.83. The monoisotopic (exact) mass is 460 g/mol. The highest BCUT2D eigenvalue weighted by atomic mass is 79.9. The number of amides is 1. The minimum absolute atomic E-state index is 0.0948. The third-order valence-electron chi connectivity index (χ3n) is 5.16. The van der Waals surface area contributed by atoms with Crippen molar-refractivity contribution in [3.63, 3.8) is 0 Å². The molecule has 146 valence electrons. The van der Waals surface area contributed by atoms with Crippen LogP contribution < -0.4 is 5.01 Å². The molecule has 1 saturated carbocycles. The second-order valence-corrected chi connectivity index (χ2v) is 9.05. The van der Waals surface area contributed by atoms with Crippen molar-refractivity contribution in [3.05, 3.63) is 45.0 Å². The number of allylic oxidation sites excluding steroid dienone is 1. The number of fused-ring (bicyclic) bond motifs is 1. The zero-order valence-electron chi connectivity index (χ0n) is 15.8. The van der Waals surface area contributed by atoms with E-state index in [1.54, 1.807) is 5.01 Å².